The summed E-state index contributed by atoms with van der Waals surface area (Å²) < 4.78 is 0. The van der Waals surface area contributed by atoms with Gasteiger partial charge in [0.05, 0.1) is 11.6 Å². The van der Waals surface area contributed by atoms with Gasteiger partial charge in [-0.05, 0) is 30.5 Å². The lowest BCUT2D eigenvalue weighted by Gasteiger charge is -2.33. The summed E-state index contributed by atoms with van der Waals surface area (Å²) in [6, 6.07) is 5.08. The Balaban J connectivity index is 2.12. The Morgan fingerprint density at radius 3 is 2.95 bits per heavy atom. The Kier molecular flexibility index (Phi) is 4.75. The fraction of sp³-hybridized carbons (Fsp3) is 0.375. The van der Waals surface area contributed by atoms with E-state index in [0.717, 1.165) is 11.1 Å². The lowest BCUT2D eigenvalue weighted by molar-refractivity contribution is -0.126. The molecule has 1 heterocycles. The third kappa shape index (κ3) is 3.31. The molecule has 1 atom stereocenters. The maximum absolute atomic E-state index is 12.0. The van der Waals surface area contributed by atoms with E-state index in [-0.39, 0.29) is 11.9 Å². The first-order valence-corrected chi connectivity index (χ1v) is 7.01. The minimum Gasteiger partial charge on any atom is -0.478 e. The highest BCUT2D eigenvalue weighted by Gasteiger charge is 2.27. The molecule has 112 valence electrons. The van der Waals surface area contributed by atoms with Gasteiger partial charge in [0, 0.05) is 19.6 Å². The minimum absolute atomic E-state index is 0.0345. The second-order valence-electron chi connectivity index (χ2n) is 5.18. The van der Waals surface area contributed by atoms with Gasteiger partial charge < -0.3 is 10.4 Å². The number of carboxylic acid groups (broad SMARTS) is 1. The van der Waals surface area contributed by atoms with Gasteiger partial charge in [-0.15, -0.1) is 6.58 Å². The first-order chi connectivity index (χ1) is 10.0. The molecule has 0 fully saturated rings. The van der Waals surface area contributed by atoms with Gasteiger partial charge in [-0.1, -0.05) is 18.2 Å². The Morgan fingerprint density at radius 1 is 1.52 bits per heavy atom. The highest BCUT2D eigenvalue weighted by Crippen LogP contribution is 2.24. The van der Waals surface area contributed by atoms with Gasteiger partial charge in [0.25, 0.3) is 0 Å². The fourth-order valence-electron chi connectivity index (χ4n) is 2.65. The normalized spacial score (nSPS) is 15.9. The highest BCUT2D eigenvalue weighted by molar-refractivity contribution is 5.90. The Labute approximate surface area is 124 Å². The smallest absolute Gasteiger partial charge is 0.335 e. The van der Waals surface area contributed by atoms with Crippen LogP contribution in [0.5, 0.6) is 0 Å². The molecule has 1 amide bonds. The zero-order valence-corrected chi connectivity index (χ0v) is 12.1. The largest absolute Gasteiger partial charge is 0.478 e. The molecule has 1 aliphatic rings. The molecule has 1 aromatic rings. The SMILES string of the molecule is C=CCNC(=O)C(C)N1CCc2c(cccc2C(=O)O)C1. The molecule has 0 saturated heterocycles. The molecule has 2 rings (SSSR count). The van der Waals surface area contributed by atoms with Crippen molar-refractivity contribution < 1.29 is 14.7 Å². The number of nitrogens with one attached hydrogen (secondary N) is 1. The molecule has 5 heteroatoms. The number of carbonyl (C=O) groups excluding carboxylic acids is 1. The zero-order chi connectivity index (χ0) is 15.4. The molecule has 1 unspecified atom stereocenters. The van der Waals surface area contributed by atoms with Crippen molar-refractivity contribution in [1.29, 1.82) is 0 Å². The van der Waals surface area contributed by atoms with E-state index in [2.05, 4.69) is 16.8 Å². The number of benzene rings is 1. The second-order valence-corrected chi connectivity index (χ2v) is 5.18. The molecule has 0 aliphatic carbocycles. The summed E-state index contributed by atoms with van der Waals surface area (Å²) in [5.41, 5.74) is 2.25. The summed E-state index contributed by atoms with van der Waals surface area (Å²) in [5, 5.41) is 12.0. The maximum Gasteiger partial charge on any atom is 0.335 e. The van der Waals surface area contributed by atoms with E-state index < -0.39 is 5.97 Å². The standard InChI is InChI=1S/C16H20N2O3/c1-3-8-17-15(19)11(2)18-9-7-13-12(10-18)5-4-6-14(13)16(20)21/h3-6,11H,1,7-10H2,2H3,(H,17,19)(H,20,21). The number of carboxylic acids is 1. The molecular formula is C16H20N2O3. The molecule has 1 aromatic carbocycles. The number of rotatable bonds is 5. The van der Waals surface area contributed by atoms with Crippen molar-refractivity contribution >= 4 is 11.9 Å². The molecule has 0 radical (unpaired) electrons. The van der Waals surface area contributed by atoms with Crippen LogP contribution in [0.1, 0.15) is 28.4 Å². The van der Waals surface area contributed by atoms with E-state index in [1.807, 2.05) is 13.0 Å². The predicted octanol–water partition coefficient (Wildman–Crippen LogP) is 1.43. The predicted molar refractivity (Wildman–Crippen MR) is 80.2 cm³/mol. The van der Waals surface area contributed by atoms with Crippen LogP contribution in [0, 0.1) is 0 Å². The molecule has 0 bridgehead atoms. The van der Waals surface area contributed by atoms with Gasteiger partial charge in [-0.2, -0.15) is 0 Å². The zero-order valence-electron chi connectivity index (χ0n) is 12.1. The second kappa shape index (κ2) is 6.54. The number of nitrogens with zero attached hydrogens (tertiary/aromatic N) is 1. The molecule has 0 saturated carbocycles. The number of hydrogen-bond acceptors (Lipinski definition) is 3. The van der Waals surface area contributed by atoms with Crippen LogP contribution >= 0.6 is 0 Å². The number of aromatic carboxylic acids is 1. The summed E-state index contributed by atoms with van der Waals surface area (Å²) in [4.78, 5) is 25.3. The topological polar surface area (TPSA) is 69.6 Å². The maximum atomic E-state index is 12.0. The summed E-state index contributed by atoms with van der Waals surface area (Å²) in [7, 11) is 0. The van der Waals surface area contributed by atoms with Crippen molar-refractivity contribution in [2.45, 2.75) is 25.9 Å². The first-order valence-electron chi connectivity index (χ1n) is 7.01. The number of carbonyl (C=O) groups is 2. The number of fused-ring (bicyclic) bond motifs is 1. The van der Waals surface area contributed by atoms with Gasteiger partial charge in [0.1, 0.15) is 0 Å². The number of hydrogen-bond donors (Lipinski definition) is 2. The van der Waals surface area contributed by atoms with Crippen LogP contribution in [-0.2, 0) is 17.8 Å². The molecular weight excluding hydrogens is 268 g/mol. The van der Waals surface area contributed by atoms with Crippen LogP contribution in [0.4, 0.5) is 0 Å². The molecule has 2 N–H and O–H groups in total. The third-order valence-corrected chi connectivity index (χ3v) is 3.87. The van der Waals surface area contributed by atoms with Crippen molar-refractivity contribution in [3.63, 3.8) is 0 Å². The van der Waals surface area contributed by atoms with Crippen LogP contribution in [0.2, 0.25) is 0 Å². The average Bonchev–Trinajstić information content (AvgIpc) is 2.50. The summed E-state index contributed by atoms with van der Waals surface area (Å²) in [6.45, 7) is 7.17. The van der Waals surface area contributed by atoms with E-state index in [1.165, 1.54) is 0 Å². The summed E-state index contributed by atoms with van der Waals surface area (Å²) in [6.07, 6.45) is 2.30. The highest BCUT2D eigenvalue weighted by atomic mass is 16.4. The molecule has 0 aromatic heterocycles. The van der Waals surface area contributed by atoms with Crippen LogP contribution in [0.15, 0.2) is 30.9 Å². The van der Waals surface area contributed by atoms with E-state index in [9.17, 15) is 14.7 Å². The molecule has 5 nitrogen and oxygen atoms in total. The summed E-state index contributed by atoms with van der Waals surface area (Å²) in [5.74, 6) is -0.926. The van der Waals surface area contributed by atoms with Crippen molar-refractivity contribution in [3.05, 3.63) is 47.5 Å². The third-order valence-electron chi connectivity index (χ3n) is 3.87. The van der Waals surface area contributed by atoms with E-state index >= 15 is 0 Å². The van der Waals surface area contributed by atoms with Gasteiger partial charge in [-0.25, -0.2) is 4.79 Å². The number of amides is 1. The van der Waals surface area contributed by atoms with Crippen LogP contribution in [-0.4, -0.2) is 41.0 Å². The van der Waals surface area contributed by atoms with Gasteiger partial charge in [0.2, 0.25) is 5.91 Å². The monoisotopic (exact) mass is 288 g/mol. The van der Waals surface area contributed by atoms with E-state index in [4.69, 9.17) is 0 Å². The lowest BCUT2D eigenvalue weighted by Crippen LogP contribution is -2.47. The fourth-order valence-corrected chi connectivity index (χ4v) is 2.65. The van der Waals surface area contributed by atoms with Gasteiger partial charge in [0.15, 0.2) is 0 Å². The Bertz CT molecular complexity index is 569. The van der Waals surface area contributed by atoms with Gasteiger partial charge >= 0.3 is 5.97 Å². The van der Waals surface area contributed by atoms with Crippen LogP contribution in [0.3, 0.4) is 0 Å². The van der Waals surface area contributed by atoms with Crippen LogP contribution < -0.4 is 5.32 Å². The molecule has 21 heavy (non-hydrogen) atoms. The average molecular weight is 288 g/mol. The molecule has 0 spiro atoms. The van der Waals surface area contributed by atoms with Crippen molar-refractivity contribution in [2.24, 2.45) is 0 Å². The van der Waals surface area contributed by atoms with Crippen LogP contribution in [0.25, 0.3) is 0 Å². The van der Waals surface area contributed by atoms with E-state index in [0.29, 0.717) is 31.6 Å². The van der Waals surface area contributed by atoms with Crippen molar-refractivity contribution in [1.82, 2.24) is 10.2 Å². The van der Waals surface area contributed by atoms with Crippen molar-refractivity contribution in [2.75, 3.05) is 13.1 Å². The van der Waals surface area contributed by atoms with Gasteiger partial charge in [-0.3, -0.25) is 9.69 Å². The Hall–Kier alpha value is -2.14. The molecule has 1 aliphatic heterocycles. The minimum atomic E-state index is -0.892. The quantitative estimate of drug-likeness (QED) is 0.804. The first kappa shape index (κ1) is 15.3. The van der Waals surface area contributed by atoms with E-state index in [1.54, 1.807) is 18.2 Å². The summed E-state index contributed by atoms with van der Waals surface area (Å²) >= 11 is 0. The van der Waals surface area contributed by atoms with Crippen molar-refractivity contribution in [3.8, 4) is 0 Å². The Morgan fingerprint density at radius 2 is 2.29 bits per heavy atom. The lowest BCUT2D eigenvalue weighted by atomic mass is 9.93.